The number of rotatable bonds is 6. The second-order valence-corrected chi connectivity index (χ2v) is 6.67. The number of oxime groups is 1. The van der Waals surface area contributed by atoms with E-state index in [9.17, 15) is 4.79 Å². The molecular formula is C18H13Cl3N4O3. The van der Waals surface area contributed by atoms with Crippen molar-refractivity contribution in [2.45, 2.75) is 6.73 Å². The van der Waals surface area contributed by atoms with Gasteiger partial charge in [0.05, 0.1) is 10.0 Å². The topological polar surface area (TPSA) is 91.7 Å². The lowest BCUT2D eigenvalue weighted by Crippen LogP contribution is -2.16. The van der Waals surface area contributed by atoms with Crippen LogP contribution in [0.25, 0.3) is 0 Å². The molecule has 0 aliphatic carbocycles. The SMILES string of the molecule is N/C(=N\OC(=O)c1ccn(COc2ccccc2Cl)n1)c1ccc(Cl)cc1Cl. The molecule has 0 atom stereocenters. The maximum atomic E-state index is 12.1. The summed E-state index contributed by atoms with van der Waals surface area (Å²) >= 11 is 17.9. The van der Waals surface area contributed by atoms with Gasteiger partial charge < -0.3 is 15.3 Å². The van der Waals surface area contributed by atoms with Crippen LogP contribution in [-0.2, 0) is 11.6 Å². The Kier molecular flexibility index (Phi) is 6.41. The van der Waals surface area contributed by atoms with Gasteiger partial charge in [-0.1, -0.05) is 52.1 Å². The van der Waals surface area contributed by atoms with E-state index in [1.54, 1.807) is 42.6 Å². The molecule has 28 heavy (non-hydrogen) atoms. The normalized spacial score (nSPS) is 11.3. The number of aromatic nitrogens is 2. The summed E-state index contributed by atoms with van der Waals surface area (Å²) in [4.78, 5) is 16.9. The summed E-state index contributed by atoms with van der Waals surface area (Å²) in [7, 11) is 0. The number of para-hydroxylation sites is 1. The molecule has 0 amide bonds. The summed E-state index contributed by atoms with van der Waals surface area (Å²) in [5.74, 6) is -0.359. The Morgan fingerprint density at radius 1 is 1.11 bits per heavy atom. The molecule has 0 fully saturated rings. The van der Waals surface area contributed by atoms with E-state index in [0.717, 1.165) is 0 Å². The van der Waals surface area contributed by atoms with Gasteiger partial charge in [0.1, 0.15) is 5.75 Å². The standard InChI is InChI=1S/C18H13Cl3N4O3/c19-11-5-6-12(14(21)9-11)17(22)24-28-18(26)15-7-8-25(23-15)10-27-16-4-2-1-3-13(16)20/h1-9H,10H2,(H2,22,24). The molecule has 3 rings (SSSR count). The molecule has 0 spiro atoms. The van der Waals surface area contributed by atoms with Crippen LogP contribution < -0.4 is 10.5 Å². The molecule has 144 valence electrons. The third kappa shape index (κ3) is 4.95. The van der Waals surface area contributed by atoms with Crippen LogP contribution in [0.5, 0.6) is 5.75 Å². The highest BCUT2D eigenvalue weighted by Crippen LogP contribution is 2.23. The first-order valence-electron chi connectivity index (χ1n) is 7.85. The Balaban J connectivity index is 1.61. The summed E-state index contributed by atoms with van der Waals surface area (Å²) in [5.41, 5.74) is 6.21. The van der Waals surface area contributed by atoms with Crippen LogP contribution in [0.15, 0.2) is 59.9 Å². The van der Waals surface area contributed by atoms with E-state index < -0.39 is 5.97 Å². The van der Waals surface area contributed by atoms with E-state index in [2.05, 4.69) is 10.3 Å². The maximum Gasteiger partial charge on any atom is 0.385 e. The Bertz CT molecular complexity index is 1040. The second-order valence-electron chi connectivity index (χ2n) is 5.42. The maximum absolute atomic E-state index is 12.1. The first kappa shape index (κ1) is 20.0. The molecule has 0 saturated heterocycles. The Morgan fingerprint density at radius 2 is 1.89 bits per heavy atom. The molecule has 0 unspecified atom stereocenters. The number of nitrogens with two attached hydrogens (primary N) is 1. The molecular weight excluding hydrogens is 427 g/mol. The highest BCUT2D eigenvalue weighted by molar-refractivity contribution is 6.36. The summed E-state index contributed by atoms with van der Waals surface area (Å²) in [6.07, 6.45) is 1.55. The molecule has 3 aromatic rings. The van der Waals surface area contributed by atoms with Gasteiger partial charge in [-0.25, -0.2) is 9.48 Å². The minimum atomic E-state index is -0.787. The van der Waals surface area contributed by atoms with Crippen LogP contribution in [0.1, 0.15) is 16.1 Å². The first-order chi connectivity index (χ1) is 13.4. The van der Waals surface area contributed by atoms with Gasteiger partial charge in [0, 0.05) is 16.8 Å². The fourth-order valence-corrected chi connectivity index (χ4v) is 2.82. The molecule has 10 heteroatoms. The van der Waals surface area contributed by atoms with Crippen LogP contribution in [0.2, 0.25) is 15.1 Å². The number of benzene rings is 2. The zero-order chi connectivity index (χ0) is 20.1. The Labute approximate surface area is 175 Å². The molecule has 7 nitrogen and oxygen atoms in total. The molecule has 1 heterocycles. The molecule has 2 aromatic carbocycles. The summed E-state index contributed by atoms with van der Waals surface area (Å²) < 4.78 is 6.94. The van der Waals surface area contributed by atoms with Crippen LogP contribution in [-0.4, -0.2) is 21.6 Å². The summed E-state index contributed by atoms with van der Waals surface area (Å²) in [6.45, 7) is 0.0583. The first-order valence-corrected chi connectivity index (χ1v) is 8.98. The quantitative estimate of drug-likeness (QED) is 0.267. The van der Waals surface area contributed by atoms with Crippen LogP contribution in [0.4, 0.5) is 0 Å². The third-order valence-corrected chi connectivity index (χ3v) is 4.33. The van der Waals surface area contributed by atoms with Crippen molar-refractivity contribution >= 4 is 46.6 Å². The molecule has 0 bridgehead atoms. The third-order valence-electron chi connectivity index (χ3n) is 3.47. The van der Waals surface area contributed by atoms with Gasteiger partial charge in [0.25, 0.3) is 0 Å². The van der Waals surface area contributed by atoms with Crippen LogP contribution >= 0.6 is 34.8 Å². The minimum Gasteiger partial charge on any atom is -0.470 e. The van der Waals surface area contributed by atoms with Crippen molar-refractivity contribution in [3.05, 3.63) is 81.1 Å². The van der Waals surface area contributed by atoms with Crippen molar-refractivity contribution in [1.29, 1.82) is 0 Å². The number of hydrogen-bond acceptors (Lipinski definition) is 5. The van der Waals surface area contributed by atoms with Crippen LogP contribution in [0.3, 0.4) is 0 Å². The number of ether oxygens (including phenoxy) is 1. The van der Waals surface area contributed by atoms with E-state index in [0.29, 0.717) is 21.4 Å². The van der Waals surface area contributed by atoms with Crippen molar-refractivity contribution in [3.63, 3.8) is 0 Å². The van der Waals surface area contributed by atoms with E-state index in [1.807, 2.05) is 0 Å². The predicted octanol–water partition coefficient (Wildman–Crippen LogP) is 4.36. The Hall–Kier alpha value is -2.74. The number of carbonyl (C=O) groups is 1. The summed E-state index contributed by atoms with van der Waals surface area (Å²) in [5, 5.41) is 8.85. The average molecular weight is 440 g/mol. The van der Waals surface area contributed by atoms with Crippen molar-refractivity contribution in [2.75, 3.05) is 0 Å². The lowest BCUT2D eigenvalue weighted by molar-refractivity contribution is 0.0507. The van der Waals surface area contributed by atoms with Crippen LogP contribution in [0, 0.1) is 0 Å². The zero-order valence-corrected chi connectivity index (χ0v) is 16.4. The van der Waals surface area contributed by atoms with E-state index in [1.165, 1.54) is 16.8 Å². The number of carbonyl (C=O) groups excluding carboxylic acids is 1. The number of nitrogens with zero attached hydrogens (tertiary/aromatic N) is 3. The van der Waals surface area contributed by atoms with Crippen molar-refractivity contribution < 1.29 is 14.4 Å². The number of halogens is 3. The van der Waals surface area contributed by atoms with Gasteiger partial charge in [-0.05, 0) is 36.4 Å². The molecule has 2 N–H and O–H groups in total. The molecule has 0 radical (unpaired) electrons. The minimum absolute atomic E-state index is 0.0292. The summed E-state index contributed by atoms with van der Waals surface area (Å²) in [6, 6.07) is 13.1. The average Bonchev–Trinajstić information content (AvgIpc) is 3.14. The smallest absolute Gasteiger partial charge is 0.385 e. The van der Waals surface area contributed by atoms with Crippen molar-refractivity contribution in [1.82, 2.24) is 9.78 Å². The fourth-order valence-electron chi connectivity index (χ4n) is 2.12. The largest absolute Gasteiger partial charge is 0.470 e. The van der Waals surface area contributed by atoms with Gasteiger partial charge in [0.2, 0.25) is 0 Å². The van der Waals surface area contributed by atoms with Gasteiger partial charge in [-0.3, -0.25) is 0 Å². The highest BCUT2D eigenvalue weighted by Gasteiger charge is 2.13. The van der Waals surface area contributed by atoms with E-state index >= 15 is 0 Å². The van der Waals surface area contributed by atoms with E-state index in [4.69, 9.17) is 50.1 Å². The molecule has 1 aromatic heterocycles. The molecule has 0 aliphatic rings. The van der Waals surface area contributed by atoms with E-state index in [-0.39, 0.29) is 23.3 Å². The molecule has 0 saturated carbocycles. The number of hydrogen-bond donors (Lipinski definition) is 1. The fraction of sp³-hybridized carbons (Fsp3) is 0.0556. The van der Waals surface area contributed by atoms with Gasteiger partial charge in [0.15, 0.2) is 18.3 Å². The monoisotopic (exact) mass is 438 g/mol. The lowest BCUT2D eigenvalue weighted by atomic mass is 10.2. The van der Waals surface area contributed by atoms with Crippen molar-refractivity contribution in [3.8, 4) is 5.75 Å². The molecule has 0 aliphatic heterocycles. The number of amidine groups is 1. The predicted molar refractivity (Wildman–Crippen MR) is 107 cm³/mol. The van der Waals surface area contributed by atoms with Gasteiger partial charge in [-0.15, -0.1) is 0 Å². The lowest BCUT2D eigenvalue weighted by Gasteiger charge is -2.07. The van der Waals surface area contributed by atoms with Gasteiger partial charge >= 0.3 is 5.97 Å². The van der Waals surface area contributed by atoms with Crippen molar-refractivity contribution in [2.24, 2.45) is 10.9 Å². The zero-order valence-electron chi connectivity index (χ0n) is 14.2. The Morgan fingerprint density at radius 3 is 2.64 bits per heavy atom. The van der Waals surface area contributed by atoms with Gasteiger partial charge in [-0.2, -0.15) is 5.10 Å². The second kappa shape index (κ2) is 8.97. The highest BCUT2D eigenvalue weighted by atomic mass is 35.5.